The predicted molar refractivity (Wildman–Crippen MR) is 218 cm³/mol. The van der Waals surface area contributed by atoms with E-state index in [9.17, 15) is 0 Å². The Balaban J connectivity index is 1.37. The first kappa shape index (κ1) is 40.3. The second kappa shape index (κ2) is 23.9. The number of halogens is 2. The highest BCUT2D eigenvalue weighted by molar-refractivity contribution is 9.11. The first-order valence-electron chi connectivity index (χ1n) is 19.6. The van der Waals surface area contributed by atoms with E-state index in [0.717, 1.165) is 70.1 Å². The number of hydrogen-bond acceptors (Lipinski definition) is 5. The van der Waals surface area contributed by atoms with Crippen LogP contribution >= 0.6 is 31.9 Å². The van der Waals surface area contributed by atoms with E-state index >= 15 is 0 Å². The Kier molecular flexibility index (Phi) is 19.2. The Morgan fingerprint density at radius 2 is 0.900 bits per heavy atom. The fourth-order valence-electron chi connectivity index (χ4n) is 6.41. The van der Waals surface area contributed by atoms with Gasteiger partial charge in [0.15, 0.2) is 0 Å². The predicted octanol–water partition coefficient (Wildman–Crippen LogP) is 14.5. The monoisotopic (exact) mass is 807 g/mol. The Bertz CT molecular complexity index is 1430. The molecule has 0 aliphatic heterocycles. The number of benzene rings is 2. The van der Waals surface area contributed by atoms with Gasteiger partial charge in [-0.05, 0) is 69.0 Å². The van der Waals surface area contributed by atoms with Gasteiger partial charge >= 0.3 is 0 Å². The molecule has 0 unspecified atom stereocenters. The molecule has 0 aliphatic rings. The van der Waals surface area contributed by atoms with Gasteiger partial charge < -0.3 is 9.47 Å². The maximum absolute atomic E-state index is 6.25. The van der Waals surface area contributed by atoms with E-state index in [4.69, 9.17) is 19.4 Å². The third-order valence-electron chi connectivity index (χ3n) is 9.36. The molecule has 272 valence electrons. The lowest BCUT2D eigenvalue weighted by Crippen LogP contribution is -2.00. The minimum absolute atomic E-state index is 0.665. The van der Waals surface area contributed by atoms with Crippen LogP contribution in [0.1, 0.15) is 142 Å². The van der Waals surface area contributed by atoms with Gasteiger partial charge in [0.2, 0.25) is 0 Å². The molecule has 2 heterocycles. The number of aromatic nitrogens is 3. The summed E-state index contributed by atoms with van der Waals surface area (Å²) in [6.45, 7) is 5.99. The topological polar surface area (TPSA) is 57.1 Å². The van der Waals surface area contributed by atoms with Crippen LogP contribution in [0.15, 0.2) is 63.8 Å². The zero-order valence-corrected chi connectivity index (χ0v) is 33.8. The van der Waals surface area contributed by atoms with Crippen molar-refractivity contribution in [1.29, 1.82) is 0 Å². The highest BCUT2D eigenvalue weighted by atomic mass is 79.9. The van der Waals surface area contributed by atoms with Crippen molar-refractivity contribution < 1.29 is 9.47 Å². The minimum atomic E-state index is 0.665. The van der Waals surface area contributed by atoms with Gasteiger partial charge in [0.1, 0.15) is 27.1 Å². The third kappa shape index (κ3) is 13.9. The molecule has 2 aromatic heterocycles. The van der Waals surface area contributed by atoms with Crippen molar-refractivity contribution in [2.24, 2.45) is 0 Å². The zero-order valence-electron chi connectivity index (χ0n) is 30.7. The molecule has 0 spiro atoms. The summed E-state index contributed by atoms with van der Waals surface area (Å²) in [5.41, 5.74) is 4.98. The van der Waals surface area contributed by atoms with Gasteiger partial charge in [0.05, 0.1) is 29.1 Å². The average molecular weight is 810 g/mol. The van der Waals surface area contributed by atoms with Crippen molar-refractivity contribution in [2.45, 2.75) is 142 Å². The van der Waals surface area contributed by atoms with Gasteiger partial charge in [0.25, 0.3) is 0 Å². The highest BCUT2D eigenvalue weighted by Crippen LogP contribution is 2.36. The van der Waals surface area contributed by atoms with Crippen LogP contribution in [-0.4, -0.2) is 28.2 Å². The number of unbranched alkanes of at least 4 members (excludes halogenated alkanes) is 18. The number of rotatable bonds is 26. The summed E-state index contributed by atoms with van der Waals surface area (Å²) in [4.78, 5) is 14.8. The summed E-state index contributed by atoms with van der Waals surface area (Å²) in [5, 5.41) is 0. The second-order valence-electron chi connectivity index (χ2n) is 13.6. The van der Waals surface area contributed by atoms with E-state index in [0.29, 0.717) is 10.1 Å². The molecule has 5 nitrogen and oxygen atoms in total. The van der Waals surface area contributed by atoms with E-state index in [1.165, 1.54) is 116 Å². The average Bonchev–Trinajstić information content (AvgIpc) is 3.14. The maximum atomic E-state index is 6.25. The summed E-state index contributed by atoms with van der Waals surface area (Å²) < 4.78 is 14.0. The molecule has 0 fully saturated rings. The van der Waals surface area contributed by atoms with Crippen LogP contribution in [-0.2, 0) is 0 Å². The lowest BCUT2D eigenvalue weighted by molar-refractivity contribution is 0.304. The zero-order chi connectivity index (χ0) is 35.2. The summed E-state index contributed by atoms with van der Waals surface area (Å²) in [6, 6.07) is 16.5. The molecule has 2 aromatic carbocycles. The summed E-state index contributed by atoms with van der Waals surface area (Å²) >= 11 is 7.27. The standard InChI is InChI=1S/C43H59Br2N3O2/c1-3-5-7-9-11-13-15-17-19-21-29-49-36-27-23-25-34(31-36)39-40(48-42-41(47-39)38(44)33-46-43(42)45)35-26-24-28-37(32-35)50-30-22-20-18-16-14-12-10-8-6-4-2/h23-28,31-33H,3-22,29-30H2,1-2H3. The van der Waals surface area contributed by atoms with Crippen molar-refractivity contribution in [1.82, 2.24) is 15.0 Å². The van der Waals surface area contributed by atoms with Crippen LogP contribution in [0.4, 0.5) is 0 Å². The third-order valence-corrected chi connectivity index (χ3v) is 10.5. The number of ether oxygens (including phenoxy) is 2. The second-order valence-corrected chi connectivity index (χ2v) is 15.2. The van der Waals surface area contributed by atoms with E-state index in [1.54, 1.807) is 6.20 Å². The first-order valence-corrected chi connectivity index (χ1v) is 21.2. The molecule has 0 N–H and O–H groups in total. The van der Waals surface area contributed by atoms with Crippen LogP contribution < -0.4 is 9.47 Å². The molecular formula is C43H59Br2N3O2. The lowest BCUT2D eigenvalue weighted by atomic mass is 10.0. The molecule has 0 aliphatic carbocycles. The Morgan fingerprint density at radius 1 is 0.500 bits per heavy atom. The van der Waals surface area contributed by atoms with Crippen LogP contribution in [0.25, 0.3) is 33.5 Å². The Hall–Kier alpha value is -2.51. The van der Waals surface area contributed by atoms with Crippen molar-refractivity contribution >= 4 is 42.9 Å². The molecular weight excluding hydrogens is 750 g/mol. The smallest absolute Gasteiger partial charge is 0.133 e. The van der Waals surface area contributed by atoms with Crippen LogP contribution in [0, 0.1) is 0 Å². The van der Waals surface area contributed by atoms with Gasteiger partial charge in [-0.15, -0.1) is 0 Å². The SMILES string of the molecule is CCCCCCCCCCCCOc1cccc(-c2nc3c(Br)cnc(Br)c3nc2-c2cccc(OCCCCCCCCCCCC)c2)c1. The number of pyridine rings is 1. The van der Waals surface area contributed by atoms with Crippen molar-refractivity contribution in [3.8, 4) is 34.0 Å². The molecule has 0 saturated carbocycles. The van der Waals surface area contributed by atoms with Crippen LogP contribution in [0.2, 0.25) is 0 Å². The number of hydrogen-bond donors (Lipinski definition) is 0. The fourth-order valence-corrected chi connectivity index (χ4v) is 7.17. The first-order chi connectivity index (χ1) is 24.6. The molecule has 0 atom stereocenters. The molecule has 0 bridgehead atoms. The largest absolute Gasteiger partial charge is 0.494 e. The van der Waals surface area contributed by atoms with E-state index in [1.807, 2.05) is 24.3 Å². The van der Waals surface area contributed by atoms with Gasteiger partial charge in [-0.3, -0.25) is 0 Å². The molecule has 7 heteroatoms. The molecule has 4 rings (SSSR count). The van der Waals surface area contributed by atoms with Crippen LogP contribution in [0.3, 0.4) is 0 Å². The van der Waals surface area contributed by atoms with Gasteiger partial charge in [-0.1, -0.05) is 154 Å². The molecule has 50 heavy (non-hydrogen) atoms. The number of fused-ring (bicyclic) bond motifs is 1. The molecule has 0 amide bonds. The summed E-state index contributed by atoms with van der Waals surface area (Å²) in [7, 11) is 0. The summed E-state index contributed by atoms with van der Waals surface area (Å²) in [6.07, 6.45) is 28.0. The highest BCUT2D eigenvalue weighted by Gasteiger charge is 2.18. The lowest BCUT2D eigenvalue weighted by Gasteiger charge is -2.14. The Labute approximate surface area is 319 Å². The summed E-state index contributed by atoms with van der Waals surface area (Å²) in [5.74, 6) is 1.71. The molecule has 0 saturated heterocycles. The Morgan fingerprint density at radius 3 is 1.34 bits per heavy atom. The maximum Gasteiger partial charge on any atom is 0.133 e. The molecule has 4 aromatic rings. The quantitative estimate of drug-likeness (QED) is 0.0467. The fraction of sp³-hybridized carbons (Fsp3) is 0.558. The minimum Gasteiger partial charge on any atom is -0.494 e. The van der Waals surface area contributed by atoms with E-state index in [2.05, 4.69) is 75.0 Å². The number of nitrogens with zero attached hydrogens (tertiary/aromatic N) is 3. The molecule has 0 radical (unpaired) electrons. The van der Waals surface area contributed by atoms with Gasteiger partial charge in [-0.2, -0.15) is 0 Å². The van der Waals surface area contributed by atoms with E-state index in [-0.39, 0.29) is 0 Å². The normalized spacial score (nSPS) is 11.4. The van der Waals surface area contributed by atoms with E-state index < -0.39 is 0 Å². The van der Waals surface area contributed by atoms with Crippen molar-refractivity contribution in [3.63, 3.8) is 0 Å². The van der Waals surface area contributed by atoms with Crippen LogP contribution in [0.5, 0.6) is 11.5 Å². The van der Waals surface area contributed by atoms with Crippen molar-refractivity contribution in [3.05, 3.63) is 63.8 Å². The van der Waals surface area contributed by atoms with Gasteiger partial charge in [-0.25, -0.2) is 15.0 Å². The van der Waals surface area contributed by atoms with Crippen molar-refractivity contribution in [2.75, 3.05) is 13.2 Å². The van der Waals surface area contributed by atoms with Gasteiger partial charge in [0, 0.05) is 17.3 Å².